The Hall–Kier alpha value is -0.950. The highest BCUT2D eigenvalue weighted by molar-refractivity contribution is 6.18. The highest BCUT2D eigenvalue weighted by Gasteiger charge is 2.46. The largest absolute Gasteiger partial charge is 0.444 e. The molecule has 1 amide bonds. The van der Waals surface area contributed by atoms with E-state index in [0.717, 1.165) is 0 Å². The molecule has 0 aromatic carbocycles. The van der Waals surface area contributed by atoms with Crippen LogP contribution in [0.2, 0.25) is 0 Å². The maximum atomic E-state index is 11.5. The number of carbonyl (C=O) groups is 1. The van der Waals surface area contributed by atoms with Gasteiger partial charge in [-0.05, 0) is 20.8 Å². The van der Waals surface area contributed by atoms with Gasteiger partial charge in [0.05, 0.1) is 6.07 Å². The molecule has 1 rings (SSSR count). The molecule has 1 aliphatic rings. The lowest BCUT2D eigenvalue weighted by molar-refractivity contribution is -0.0110. The number of amides is 1. The molecule has 0 bridgehead atoms. The van der Waals surface area contributed by atoms with Crippen LogP contribution in [0.25, 0.3) is 0 Å². The van der Waals surface area contributed by atoms with Crippen molar-refractivity contribution in [3.8, 4) is 6.07 Å². The fourth-order valence-corrected chi connectivity index (χ4v) is 1.55. The van der Waals surface area contributed by atoms with Gasteiger partial charge in [-0.3, -0.25) is 0 Å². The van der Waals surface area contributed by atoms with E-state index in [2.05, 4.69) is 6.07 Å². The summed E-state index contributed by atoms with van der Waals surface area (Å²) in [5.74, 6) is 0.253. The molecule has 0 aromatic rings. The number of rotatable bonds is 1. The SMILES string of the molecule is CC(C)(C)OC(=O)N1CC(C#N)(CCl)C1. The second-order valence-electron chi connectivity index (χ2n) is 4.86. The third kappa shape index (κ3) is 2.75. The van der Waals surface area contributed by atoms with E-state index in [1.165, 1.54) is 4.90 Å². The Morgan fingerprint density at radius 3 is 2.47 bits per heavy atom. The molecule has 0 saturated carbocycles. The average Bonchev–Trinajstić information content (AvgIpc) is 2.00. The fraction of sp³-hybridized carbons (Fsp3) is 0.800. The zero-order valence-corrected chi connectivity index (χ0v) is 9.97. The summed E-state index contributed by atoms with van der Waals surface area (Å²) < 4.78 is 5.16. The van der Waals surface area contributed by atoms with Crippen molar-refractivity contribution in [2.75, 3.05) is 19.0 Å². The van der Waals surface area contributed by atoms with Crippen LogP contribution in [0, 0.1) is 16.7 Å². The minimum absolute atomic E-state index is 0.253. The Balaban J connectivity index is 2.46. The van der Waals surface area contributed by atoms with E-state index in [1.807, 2.05) is 20.8 Å². The Kier molecular flexibility index (Phi) is 3.15. The lowest BCUT2D eigenvalue weighted by atomic mass is 9.84. The summed E-state index contributed by atoms with van der Waals surface area (Å²) in [6.45, 7) is 6.15. The first-order chi connectivity index (χ1) is 6.82. The van der Waals surface area contributed by atoms with Gasteiger partial charge in [-0.1, -0.05) is 0 Å². The monoisotopic (exact) mass is 230 g/mol. The lowest BCUT2D eigenvalue weighted by Crippen LogP contribution is -2.59. The van der Waals surface area contributed by atoms with Crippen molar-refractivity contribution in [2.24, 2.45) is 5.41 Å². The highest BCUT2D eigenvalue weighted by atomic mass is 35.5. The van der Waals surface area contributed by atoms with E-state index in [-0.39, 0.29) is 12.0 Å². The molecule has 0 N–H and O–H groups in total. The van der Waals surface area contributed by atoms with Crippen molar-refractivity contribution in [1.29, 1.82) is 5.26 Å². The molecule has 1 saturated heterocycles. The van der Waals surface area contributed by atoms with Crippen LogP contribution in [0.15, 0.2) is 0 Å². The van der Waals surface area contributed by atoms with Crippen molar-refractivity contribution in [2.45, 2.75) is 26.4 Å². The maximum Gasteiger partial charge on any atom is 0.410 e. The molecule has 84 valence electrons. The molecule has 1 fully saturated rings. The van der Waals surface area contributed by atoms with Crippen molar-refractivity contribution < 1.29 is 9.53 Å². The average molecular weight is 231 g/mol. The molecule has 1 aliphatic heterocycles. The zero-order chi connectivity index (χ0) is 11.7. The number of likely N-dealkylation sites (tertiary alicyclic amines) is 1. The van der Waals surface area contributed by atoms with Crippen molar-refractivity contribution in [3.63, 3.8) is 0 Å². The zero-order valence-electron chi connectivity index (χ0n) is 9.21. The third-order valence-electron chi connectivity index (χ3n) is 2.13. The Morgan fingerprint density at radius 1 is 1.60 bits per heavy atom. The predicted molar refractivity (Wildman–Crippen MR) is 56.6 cm³/mol. The first-order valence-electron chi connectivity index (χ1n) is 4.77. The summed E-state index contributed by atoms with van der Waals surface area (Å²) in [6, 6.07) is 2.13. The van der Waals surface area contributed by atoms with Gasteiger partial charge in [0.15, 0.2) is 0 Å². The molecule has 5 heteroatoms. The standard InChI is InChI=1S/C10H15ClN2O2/c1-9(2,3)15-8(14)13-6-10(4-11,5-12)7-13/h4,6-7H2,1-3H3. The number of halogens is 1. The summed E-state index contributed by atoms with van der Waals surface area (Å²) in [7, 11) is 0. The second kappa shape index (κ2) is 3.90. The number of hydrogen-bond acceptors (Lipinski definition) is 3. The summed E-state index contributed by atoms with van der Waals surface area (Å²) in [6.07, 6.45) is -0.376. The van der Waals surface area contributed by atoms with Gasteiger partial charge in [-0.25, -0.2) is 4.79 Å². The molecular formula is C10H15ClN2O2. The number of alkyl halides is 1. The molecule has 4 nitrogen and oxygen atoms in total. The van der Waals surface area contributed by atoms with E-state index < -0.39 is 11.0 Å². The molecular weight excluding hydrogens is 216 g/mol. The van der Waals surface area contributed by atoms with Crippen LogP contribution in [0.4, 0.5) is 4.79 Å². The number of hydrogen-bond donors (Lipinski definition) is 0. The minimum atomic E-state index is -0.571. The number of carbonyl (C=O) groups excluding carboxylic acids is 1. The summed E-state index contributed by atoms with van der Waals surface area (Å²) >= 11 is 5.66. The molecule has 0 aromatic heterocycles. The molecule has 15 heavy (non-hydrogen) atoms. The maximum absolute atomic E-state index is 11.5. The predicted octanol–water partition coefficient (Wildman–Crippen LogP) is 1.99. The van der Waals surface area contributed by atoms with Gasteiger partial charge in [0.1, 0.15) is 11.0 Å². The van der Waals surface area contributed by atoms with E-state index >= 15 is 0 Å². The van der Waals surface area contributed by atoms with Crippen molar-refractivity contribution >= 4 is 17.7 Å². The van der Waals surface area contributed by atoms with Crippen molar-refractivity contribution in [3.05, 3.63) is 0 Å². The van der Waals surface area contributed by atoms with Gasteiger partial charge in [0.25, 0.3) is 0 Å². The fourth-order valence-electron chi connectivity index (χ4n) is 1.33. The van der Waals surface area contributed by atoms with Crippen LogP contribution < -0.4 is 0 Å². The van der Waals surface area contributed by atoms with Crippen LogP contribution in [0.5, 0.6) is 0 Å². The summed E-state index contributed by atoms with van der Waals surface area (Å²) in [5, 5.41) is 8.86. The minimum Gasteiger partial charge on any atom is -0.444 e. The molecule has 0 radical (unpaired) electrons. The smallest absolute Gasteiger partial charge is 0.410 e. The molecule has 0 spiro atoms. The summed E-state index contributed by atoms with van der Waals surface area (Å²) in [5.41, 5.74) is -1.07. The van der Waals surface area contributed by atoms with Crippen LogP contribution in [0.1, 0.15) is 20.8 Å². The van der Waals surface area contributed by atoms with E-state index in [9.17, 15) is 4.79 Å². The quantitative estimate of drug-likeness (QED) is 0.648. The summed E-state index contributed by atoms with van der Waals surface area (Å²) in [4.78, 5) is 13.0. The first-order valence-corrected chi connectivity index (χ1v) is 5.30. The molecule has 0 aliphatic carbocycles. The second-order valence-corrected chi connectivity index (χ2v) is 5.13. The Bertz CT molecular complexity index is 298. The van der Waals surface area contributed by atoms with E-state index in [1.54, 1.807) is 0 Å². The van der Waals surface area contributed by atoms with Gasteiger partial charge in [-0.15, -0.1) is 11.6 Å². The van der Waals surface area contributed by atoms with E-state index in [0.29, 0.717) is 13.1 Å². The Labute approximate surface area is 94.7 Å². The van der Waals surface area contributed by atoms with Gasteiger partial charge in [-0.2, -0.15) is 5.26 Å². The van der Waals surface area contributed by atoms with Crippen LogP contribution in [0.3, 0.4) is 0 Å². The first kappa shape index (κ1) is 12.1. The van der Waals surface area contributed by atoms with Crippen LogP contribution in [-0.4, -0.2) is 35.6 Å². The third-order valence-corrected chi connectivity index (χ3v) is 2.64. The Morgan fingerprint density at radius 2 is 2.13 bits per heavy atom. The van der Waals surface area contributed by atoms with E-state index in [4.69, 9.17) is 21.6 Å². The van der Waals surface area contributed by atoms with Crippen LogP contribution >= 0.6 is 11.6 Å². The van der Waals surface area contributed by atoms with Gasteiger partial charge in [0, 0.05) is 19.0 Å². The number of nitrogens with zero attached hydrogens (tertiary/aromatic N) is 2. The van der Waals surface area contributed by atoms with Gasteiger partial charge < -0.3 is 9.64 Å². The van der Waals surface area contributed by atoms with Crippen molar-refractivity contribution in [1.82, 2.24) is 4.90 Å². The number of ether oxygens (including phenoxy) is 1. The lowest BCUT2D eigenvalue weighted by Gasteiger charge is -2.44. The highest BCUT2D eigenvalue weighted by Crippen LogP contribution is 2.31. The molecule has 0 atom stereocenters. The van der Waals surface area contributed by atoms with Gasteiger partial charge in [0.2, 0.25) is 0 Å². The normalized spacial score (nSPS) is 19.0. The van der Waals surface area contributed by atoms with Crippen LogP contribution in [-0.2, 0) is 4.74 Å². The number of nitriles is 1. The molecule has 0 unspecified atom stereocenters. The van der Waals surface area contributed by atoms with Gasteiger partial charge >= 0.3 is 6.09 Å². The molecule has 1 heterocycles. The topological polar surface area (TPSA) is 53.3 Å².